The lowest BCUT2D eigenvalue weighted by Crippen LogP contribution is -2.14. The molecule has 0 atom stereocenters. The van der Waals surface area contributed by atoms with E-state index < -0.39 is 0 Å². The summed E-state index contributed by atoms with van der Waals surface area (Å²) >= 11 is 0. The smallest absolute Gasteiger partial charge is 0.0488 e. The molecule has 0 aliphatic rings. The second kappa shape index (κ2) is 23.7. The highest BCUT2D eigenvalue weighted by Gasteiger charge is 2.27. The first-order chi connectivity index (χ1) is 40.9. The summed E-state index contributed by atoms with van der Waals surface area (Å²) in [7, 11) is 0. The van der Waals surface area contributed by atoms with Gasteiger partial charge in [0.15, 0.2) is 0 Å². The largest absolute Gasteiger partial charge is 0.310 e. The average Bonchev–Trinajstić information content (AvgIpc) is 2.30. The predicted molar refractivity (Wildman–Crippen MR) is 359 cm³/mol. The highest BCUT2D eigenvalue weighted by molar-refractivity contribution is 5.98. The summed E-state index contributed by atoms with van der Waals surface area (Å²) in [6.45, 7) is 13.9. The monoisotopic (exact) mass is 1090 g/mol. The van der Waals surface area contributed by atoms with Crippen LogP contribution in [0.15, 0.2) is 315 Å². The summed E-state index contributed by atoms with van der Waals surface area (Å²) in [6.07, 6.45) is 0. The fourth-order valence-electron chi connectivity index (χ4n) is 11.4. The molecule has 12 aromatic carbocycles. The molecule has 0 N–H and O–H groups in total. The Balaban J connectivity index is 1.17. The van der Waals surface area contributed by atoms with Crippen LogP contribution in [0.25, 0.3) is 33.4 Å². The van der Waals surface area contributed by atoms with Crippen molar-refractivity contribution in [1.82, 2.24) is 0 Å². The number of hydrogen-bond acceptors (Lipinski definition) is 4. The van der Waals surface area contributed by atoms with E-state index in [0.717, 1.165) is 102 Å². The molecule has 4 nitrogen and oxygen atoms in total. The van der Waals surface area contributed by atoms with Gasteiger partial charge in [0, 0.05) is 68.2 Å². The Hall–Kier alpha value is -10.2. The first-order valence-electron chi connectivity index (χ1n) is 29.2. The van der Waals surface area contributed by atoms with E-state index in [9.17, 15) is 0 Å². The van der Waals surface area contributed by atoms with Crippen molar-refractivity contribution >= 4 is 68.2 Å². The lowest BCUT2D eigenvalue weighted by Gasteiger charge is -2.31. The lowest BCUT2D eigenvalue weighted by molar-refractivity contribution is 0.590. The van der Waals surface area contributed by atoms with Crippen molar-refractivity contribution in [2.24, 2.45) is 0 Å². The Bertz CT molecular complexity index is 3490. The van der Waals surface area contributed by atoms with E-state index in [1.54, 1.807) is 0 Å². The molecule has 410 valence electrons. The van der Waals surface area contributed by atoms with E-state index in [2.05, 4.69) is 377 Å². The van der Waals surface area contributed by atoms with Crippen molar-refractivity contribution in [3.63, 3.8) is 0 Å². The highest BCUT2D eigenvalue weighted by Crippen LogP contribution is 2.50. The predicted octanol–water partition coefficient (Wildman–Crippen LogP) is 23.2. The Morgan fingerprint density at radius 1 is 0.179 bits per heavy atom. The van der Waals surface area contributed by atoms with Crippen LogP contribution in [0.5, 0.6) is 0 Å². The molecule has 12 rings (SSSR count). The molecule has 0 heterocycles. The van der Waals surface area contributed by atoms with Crippen LogP contribution in [0.1, 0.15) is 52.7 Å². The Morgan fingerprint density at radius 2 is 0.369 bits per heavy atom. The third kappa shape index (κ3) is 11.7. The van der Waals surface area contributed by atoms with Crippen LogP contribution >= 0.6 is 0 Å². The molecule has 0 aliphatic carbocycles. The van der Waals surface area contributed by atoms with Crippen LogP contribution in [0.3, 0.4) is 0 Å². The third-order valence-electron chi connectivity index (χ3n) is 15.6. The molecule has 0 bridgehead atoms. The molecule has 0 amide bonds. The van der Waals surface area contributed by atoms with Crippen LogP contribution < -0.4 is 19.6 Å². The van der Waals surface area contributed by atoms with Crippen LogP contribution in [0.4, 0.5) is 68.2 Å². The minimum atomic E-state index is -0.160. The molecule has 0 saturated heterocycles. The van der Waals surface area contributed by atoms with Gasteiger partial charge in [0.2, 0.25) is 0 Å². The van der Waals surface area contributed by atoms with Gasteiger partial charge in [-0.1, -0.05) is 211 Å². The third-order valence-corrected chi connectivity index (χ3v) is 15.6. The molecule has 0 saturated carbocycles. The van der Waals surface area contributed by atoms with Crippen molar-refractivity contribution in [1.29, 1.82) is 0 Å². The van der Waals surface area contributed by atoms with Gasteiger partial charge in [-0.05, 0) is 201 Å². The van der Waals surface area contributed by atoms with Gasteiger partial charge < -0.3 is 19.6 Å². The van der Waals surface area contributed by atoms with Crippen molar-refractivity contribution < 1.29 is 0 Å². The van der Waals surface area contributed by atoms with Crippen molar-refractivity contribution in [3.05, 3.63) is 327 Å². The van der Waals surface area contributed by atoms with Crippen molar-refractivity contribution in [2.75, 3.05) is 19.6 Å². The zero-order valence-electron chi connectivity index (χ0n) is 48.8. The van der Waals surface area contributed by atoms with Gasteiger partial charge in [-0.2, -0.15) is 0 Å². The van der Waals surface area contributed by atoms with E-state index in [4.69, 9.17) is 0 Å². The van der Waals surface area contributed by atoms with Crippen molar-refractivity contribution in [2.45, 2.75) is 52.4 Å². The second-order valence-electron chi connectivity index (χ2n) is 23.5. The molecule has 0 aliphatic heterocycles. The summed E-state index contributed by atoms with van der Waals surface area (Å²) in [5.74, 6) is 0. The maximum absolute atomic E-state index is 2.46. The number of benzene rings is 12. The van der Waals surface area contributed by atoms with E-state index in [-0.39, 0.29) is 10.8 Å². The molecule has 84 heavy (non-hydrogen) atoms. The lowest BCUT2D eigenvalue weighted by atomic mass is 9.80. The number of hydrogen-bond donors (Lipinski definition) is 0. The fraction of sp³-hybridized carbons (Fsp3) is 0.100. The number of anilines is 12. The first kappa shape index (κ1) is 54.4. The Morgan fingerprint density at radius 3 is 0.548 bits per heavy atom. The van der Waals surface area contributed by atoms with Gasteiger partial charge in [0.05, 0.1) is 0 Å². The van der Waals surface area contributed by atoms with Gasteiger partial charge in [0.1, 0.15) is 0 Å². The minimum absolute atomic E-state index is 0.160. The van der Waals surface area contributed by atoms with Gasteiger partial charge in [0.25, 0.3) is 0 Å². The van der Waals surface area contributed by atoms with Crippen LogP contribution in [0.2, 0.25) is 0 Å². The molecule has 0 fully saturated rings. The number of para-hydroxylation sites is 8. The van der Waals surface area contributed by atoms with E-state index in [1.807, 2.05) is 0 Å². The van der Waals surface area contributed by atoms with Crippen LogP contribution in [-0.2, 0) is 10.8 Å². The highest BCUT2D eigenvalue weighted by atomic mass is 15.2. The molecule has 12 aromatic rings. The molecule has 0 aromatic heterocycles. The standard InChI is InChI=1S/C80H70N4/c1-79(2,3)61-47-49-75(77(55-61)59-51-71(81(63-31-15-7-16-32-63)64-33-17-8-18-34-64)57-72(52-59)82(65-35-19-9-20-36-65)66-37-21-10-22-38-66)76-50-48-62(80(4,5)6)56-78(76)60-53-73(83(67-39-23-11-24-40-67)68-41-25-12-26-42-68)58-74(54-60)84(69-43-27-13-28-44-69)70-45-29-14-30-46-70/h7-58H,1-6H3. The molecule has 0 unspecified atom stereocenters. The molecular weight excluding hydrogens is 1020 g/mol. The molecule has 4 heteroatoms. The zero-order valence-corrected chi connectivity index (χ0v) is 48.8. The molecule has 0 radical (unpaired) electrons. The number of nitrogens with zero attached hydrogens (tertiary/aromatic N) is 4. The molecule has 0 spiro atoms. The van der Waals surface area contributed by atoms with E-state index in [1.165, 1.54) is 11.1 Å². The summed E-state index contributed by atoms with van der Waals surface area (Å²) in [6, 6.07) is 115. The van der Waals surface area contributed by atoms with Crippen molar-refractivity contribution in [3.8, 4) is 33.4 Å². The van der Waals surface area contributed by atoms with Gasteiger partial charge >= 0.3 is 0 Å². The maximum atomic E-state index is 2.46. The number of rotatable bonds is 15. The van der Waals surface area contributed by atoms with Crippen LogP contribution in [0, 0.1) is 0 Å². The normalized spacial score (nSPS) is 11.5. The quantitative estimate of drug-likeness (QED) is 0.101. The topological polar surface area (TPSA) is 13.0 Å². The molecular formula is C80H70N4. The fourth-order valence-corrected chi connectivity index (χ4v) is 11.4. The minimum Gasteiger partial charge on any atom is -0.310 e. The summed E-state index contributed by atoms with van der Waals surface area (Å²) in [5, 5.41) is 0. The first-order valence-corrected chi connectivity index (χ1v) is 29.2. The Kier molecular flexibility index (Phi) is 15.4. The SMILES string of the molecule is CC(C)(C)c1ccc(-c2ccc(C(C)(C)C)cc2-c2cc(N(c3ccccc3)c3ccccc3)cc(N(c3ccccc3)c3ccccc3)c2)c(-c2cc(N(c3ccccc3)c3ccccc3)cc(N(c3ccccc3)c3ccccc3)c2)c1. The second-order valence-corrected chi connectivity index (χ2v) is 23.5. The summed E-state index contributed by atoms with van der Waals surface area (Å²) < 4.78 is 0. The average molecular weight is 1090 g/mol. The Labute approximate surface area is 497 Å². The van der Waals surface area contributed by atoms with Gasteiger partial charge in [-0.25, -0.2) is 0 Å². The van der Waals surface area contributed by atoms with Gasteiger partial charge in [-0.3, -0.25) is 0 Å². The van der Waals surface area contributed by atoms with E-state index in [0.29, 0.717) is 0 Å². The van der Waals surface area contributed by atoms with E-state index >= 15 is 0 Å². The zero-order chi connectivity index (χ0) is 57.6. The maximum Gasteiger partial charge on any atom is 0.0488 e. The van der Waals surface area contributed by atoms with Gasteiger partial charge in [-0.15, -0.1) is 0 Å². The van der Waals surface area contributed by atoms with Crippen LogP contribution in [-0.4, -0.2) is 0 Å². The summed E-state index contributed by atoms with van der Waals surface area (Å²) in [4.78, 5) is 9.56. The summed E-state index contributed by atoms with van der Waals surface area (Å²) in [5.41, 5.74) is 21.6.